The van der Waals surface area contributed by atoms with Gasteiger partial charge in [0.2, 0.25) is 0 Å². The number of ether oxygens (including phenoxy) is 3. The molecule has 2 amide bonds. The number of para-hydroxylation sites is 1. The van der Waals surface area contributed by atoms with Crippen molar-refractivity contribution >= 4 is 11.7 Å². The molecule has 1 fully saturated rings. The van der Waals surface area contributed by atoms with Gasteiger partial charge in [-0.2, -0.15) is 0 Å². The largest absolute Gasteiger partial charge is 0.497 e. The summed E-state index contributed by atoms with van der Waals surface area (Å²) in [5.74, 6) is 2.67. The Morgan fingerprint density at radius 2 is 1.88 bits per heavy atom. The van der Waals surface area contributed by atoms with Crippen LogP contribution in [-0.4, -0.2) is 70.4 Å². The summed E-state index contributed by atoms with van der Waals surface area (Å²) >= 11 is 0. The van der Waals surface area contributed by atoms with E-state index in [2.05, 4.69) is 22.3 Å². The van der Waals surface area contributed by atoms with Crippen molar-refractivity contribution in [3.05, 3.63) is 48.0 Å². The monoisotopic (exact) mass is 441 g/mol. The van der Waals surface area contributed by atoms with E-state index in [1.165, 1.54) is 5.56 Å². The van der Waals surface area contributed by atoms with Crippen LogP contribution in [0.4, 0.5) is 10.5 Å². The normalized spacial score (nSPS) is 16.3. The summed E-state index contributed by atoms with van der Waals surface area (Å²) in [5, 5.41) is 2.95. The number of benzene rings is 2. The zero-order valence-corrected chi connectivity index (χ0v) is 19.6. The Kier molecular flexibility index (Phi) is 8.62. The van der Waals surface area contributed by atoms with Crippen molar-refractivity contribution < 1.29 is 19.0 Å². The highest BCUT2D eigenvalue weighted by atomic mass is 16.5. The van der Waals surface area contributed by atoms with Crippen molar-refractivity contribution in [2.24, 2.45) is 5.92 Å². The maximum absolute atomic E-state index is 12.8. The molecule has 32 heavy (non-hydrogen) atoms. The van der Waals surface area contributed by atoms with E-state index in [1.54, 1.807) is 44.4 Å². The molecule has 7 nitrogen and oxygen atoms in total. The lowest BCUT2D eigenvalue weighted by molar-refractivity contribution is 0.150. The van der Waals surface area contributed by atoms with Crippen LogP contribution in [0.15, 0.2) is 42.5 Å². The Morgan fingerprint density at radius 1 is 1.09 bits per heavy atom. The summed E-state index contributed by atoms with van der Waals surface area (Å²) in [6.07, 6.45) is 3.24. The Hall–Kier alpha value is -2.93. The molecule has 2 aromatic rings. The molecule has 1 saturated heterocycles. The highest BCUT2D eigenvalue weighted by molar-refractivity contribution is 5.91. The van der Waals surface area contributed by atoms with Gasteiger partial charge in [0.05, 0.1) is 27.0 Å². The highest BCUT2D eigenvalue weighted by Gasteiger charge is 2.23. The molecule has 1 unspecified atom stereocenters. The standard InChI is InChI=1S/C25H35N3O4/c1-27(25(29)26-22-16-21(30-2)11-12-24(22)32-4)17-19-8-7-14-28(18-19)15-13-20-9-5-6-10-23(20)31-3/h5-6,9-12,16,19H,7-8,13-15,17-18H2,1-4H3,(H,26,29). The van der Waals surface area contributed by atoms with E-state index in [9.17, 15) is 4.79 Å². The van der Waals surface area contributed by atoms with E-state index in [1.807, 2.05) is 19.2 Å². The molecular formula is C25H35N3O4. The van der Waals surface area contributed by atoms with E-state index in [0.717, 1.165) is 44.6 Å². The maximum atomic E-state index is 12.8. The predicted octanol–water partition coefficient (Wildman–Crippen LogP) is 4.13. The van der Waals surface area contributed by atoms with Crippen LogP contribution in [0.2, 0.25) is 0 Å². The lowest BCUT2D eigenvalue weighted by atomic mass is 9.97. The molecule has 174 valence electrons. The van der Waals surface area contributed by atoms with E-state index >= 15 is 0 Å². The van der Waals surface area contributed by atoms with Gasteiger partial charge in [0.15, 0.2) is 0 Å². The second-order valence-corrected chi connectivity index (χ2v) is 8.25. The molecule has 3 rings (SSSR count). The minimum atomic E-state index is -0.150. The molecule has 1 atom stereocenters. The smallest absolute Gasteiger partial charge is 0.321 e. The number of hydrogen-bond acceptors (Lipinski definition) is 5. The molecule has 7 heteroatoms. The van der Waals surface area contributed by atoms with Crippen molar-refractivity contribution in [2.75, 3.05) is 59.9 Å². The number of amides is 2. The zero-order chi connectivity index (χ0) is 22.9. The molecule has 0 aliphatic carbocycles. The first-order chi connectivity index (χ1) is 15.5. The number of carbonyl (C=O) groups excluding carboxylic acids is 1. The third-order valence-corrected chi connectivity index (χ3v) is 6.02. The molecule has 1 heterocycles. The van der Waals surface area contributed by atoms with Gasteiger partial charge in [0.1, 0.15) is 17.2 Å². The van der Waals surface area contributed by atoms with Gasteiger partial charge in [-0.15, -0.1) is 0 Å². The fourth-order valence-electron chi connectivity index (χ4n) is 4.28. The van der Waals surface area contributed by atoms with E-state index in [4.69, 9.17) is 14.2 Å². The molecule has 1 N–H and O–H groups in total. The Labute approximate surface area is 191 Å². The summed E-state index contributed by atoms with van der Waals surface area (Å²) < 4.78 is 16.1. The van der Waals surface area contributed by atoms with Crippen molar-refractivity contribution in [2.45, 2.75) is 19.3 Å². The molecule has 0 spiro atoms. The number of urea groups is 1. The van der Waals surface area contributed by atoms with Crippen LogP contribution in [0.5, 0.6) is 17.2 Å². The van der Waals surface area contributed by atoms with Gasteiger partial charge in [-0.3, -0.25) is 0 Å². The second kappa shape index (κ2) is 11.6. The summed E-state index contributed by atoms with van der Waals surface area (Å²) in [6.45, 7) is 3.80. The summed E-state index contributed by atoms with van der Waals surface area (Å²) in [4.78, 5) is 17.1. The molecule has 1 aliphatic rings. The minimum absolute atomic E-state index is 0.150. The fourth-order valence-corrected chi connectivity index (χ4v) is 4.28. The average Bonchev–Trinajstić information content (AvgIpc) is 2.83. The first-order valence-electron chi connectivity index (χ1n) is 11.1. The van der Waals surface area contributed by atoms with E-state index in [-0.39, 0.29) is 6.03 Å². The number of methoxy groups -OCH3 is 3. The average molecular weight is 442 g/mol. The number of hydrogen-bond donors (Lipinski definition) is 1. The third-order valence-electron chi connectivity index (χ3n) is 6.02. The van der Waals surface area contributed by atoms with E-state index in [0.29, 0.717) is 29.6 Å². The van der Waals surface area contributed by atoms with Gasteiger partial charge in [-0.1, -0.05) is 18.2 Å². The van der Waals surface area contributed by atoms with Crippen LogP contribution >= 0.6 is 0 Å². The molecular weight excluding hydrogens is 406 g/mol. The number of carbonyl (C=O) groups is 1. The van der Waals surface area contributed by atoms with Crippen molar-refractivity contribution in [3.8, 4) is 17.2 Å². The van der Waals surface area contributed by atoms with Gasteiger partial charge >= 0.3 is 6.03 Å². The first kappa shape index (κ1) is 23.7. The maximum Gasteiger partial charge on any atom is 0.321 e. The van der Waals surface area contributed by atoms with Gasteiger partial charge in [-0.25, -0.2) is 4.79 Å². The van der Waals surface area contributed by atoms with Crippen molar-refractivity contribution in [3.63, 3.8) is 0 Å². The first-order valence-corrected chi connectivity index (χ1v) is 11.1. The lowest BCUT2D eigenvalue weighted by Gasteiger charge is -2.34. The quantitative estimate of drug-likeness (QED) is 0.634. The van der Waals surface area contributed by atoms with Crippen LogP contribution in [-0.2, 0) is 6.42 Å². The molecule has 0 aromatic heterocycles. The summed E-state index contributed by atoms with van der Waals surface area (Å²) in [7, 11) is 6.75. The molecule has 2 aromatic carbocycles. The number of nitrogens with one attached hydrogen (secondary N) is 1. The van der Waals surface area contributed by atoms with Crippen LogP contribution in [0.1, 0.15) is 18.4 Å². The highest BCUT2D eigenvalue weighted by Crippen LogP contribution is 2.29. The number of piperidine rings is 1. The summed E-state index contributed by atoms with van der Waals surface area (Å²) in [5.41, 5.74) is 1.84. The number of likely N-dealkylation sites (tertiary alicyclic amines) is 1. The van der Waals surface area contributed by atoms with Gasteiger partial charge in [0.25, 0.3) is 0 Å². The van der Waals surface area contributed by atoms with Crippen LogP contribution < -0.4 is 19.5 Å². The van der Waals surface area contributed by atoms with E-state index < -0.39 is 0 Å². The molecule has 0 bridgehead atoms. The van der Waals surface area contributed by atoms with Crippen molar-refractivity contribution in [1.82, 2.24) is 9.80 Å². The van der Waals surface area contributed by atoms with Gasteiger partial charge in [0, 0.05) is 32.7 Å². The predicted molar refractivity (Wildman–Crippen MR) is 127 cm³/mol. The van der Waals surface area contributed by atoms with Crippen molar-refractivity contribution in [1.29, 1.82) is 0 Å². The Morgan fingerprint density at radius 3 is 2.62 bits per heavy atom. The topological polar surface area (TPSA) is 63.3 Å². The lowest BCUT2D eigenvalue weighted by Crippen LogP contribution is -2.43. The van der Waals surface area contributed by atoms with Gasteiger partial charge < -0.3 is 29.3 Å². The van der Waals surface area contributed by atoms with Crippen LogP contribution in [0, 0.1) is 5.92 Å². The second-order valence-electron chi connectivity index (χ2n) is 8.25. The minimum Gasteiger partial charge on any atom is -0.497 e. The third kappa shape index (κ3) is 6.29. The Balaban J connectivity index is 1.52. The van der Waals surface area contributed by atoms with Crippen LogP contribution in [0.3, 0.4) is 0 Å². The SMILES string of the molecule is COc1ccc(OC)c(NC(=O)N(C)CC2CCCN(CCc3ccccc3OC)C2)c1. The summed E-state index contributed by atoms with van der Waals surface area (Å²) in [6, 6.07) is 13.4. The number of nitrogens with zero attached hydrogens (tertiary/aromatic N) is 2. The molecule has 0 saturated carbocycles. The number of anilines is 1. The fraction of sp³-hybridized carbons (Fsp3) is 0.480. The van der Waals surface area contributed by atoms with Gasteiger partial charge in [-0.05, 0) is 55.5 Å². The number of rotatable bonds is 9. The zero-order valence-electron chi connectivity index (χ0n) is 19.6. The molecule has 1 aliphatic heterocycles. The van der Waals surface area contributed by atoms with Crippen LogP contribution in [0.25, 0.3) is 0 Å². The molecule has 0 radical (unpaired) electrons. The Bertz CT molecular complexity index is 889.